The highest BCUT2D eigenvalue weighted by atomic mass is 15.2. The van der Waals surface area contributed by atoms with E-state index in [2.05, 4.69) is 16.8 Å². The van der Waals surface area contributed by atoms with E-state index in [9.17, 15) is 0 Å². The molecule has 0 unspecified atom stereocenters. The Morgan fingerprint density at radius 1 is 0.933 bits per heavy atom. The van der Waals surface area contributed by atoms with E-state index in [1.54, 1.807) is 0 Å². The minimum atomic E-state index is 0.778. The number of likely N-dealkylation sites (tertiary alicyclic amines) is 2. The summed E-state index contributed by atoms with van der Waals surface area (Å²) >= 11 is 0. The van der Waals surface area contributed by atoms with Crippen molar-refractivity contribution in [1.82, 2.24) is 9.80 Å². The van der Waals surface area contributed by atoms with Crippen LogP contribution < -0.4 is 0 Å². The Morgan fingerprint density at radius 2 is 1.53 bits per heavy atom. The Hall–Kier alpha value is -0.0800. The molecule has 86 valence electrons. The molecule has 0 amide bonds. The third kappa shape index (κ3) is 1.83. The molecule has 0 aromatic heterocycles. The van der Waals surface area contributed by atoms with Gasteiger partial charge >= 0.3 is 0 Å². The Balaban J connectivity index is 1.51. The monoisotopic (exact) mass is 208 g/mol. The van der Waals surface area contributed by atoms with Crippen LogP contribution in [0.1, 0.15) is 38.5 Å². The maximum absolute atomic E-state index is 2.75. The lowest BCUT2D eigenvalue weighted by Crippen LogP contribution is -2.53. The molecule has 2 heteroatoms. The van der Waals surface area contributed by atoms with Crippen LogP contribution in [0.25, 0.3) is 0 Å². The number of rotatable bonds is 1. The van der Waals surface area contributed by atoms with Crippen LogP contribution in [-0.4, -0.2) is 49.1 Å². The first-order valence-corrected chi connectivity index (χ1v) is 6.70. The molecule has 0 aromatic carbocycles. The summed E-state index contributed by atoms with van der Waals surface area (Å²) < 4.78 is 0. The first-order chi connectivity index (χ1) is 7.27. The van der Waals surface area contributed by atoms with Crippen molar-refractivity contribution >= 4 is 0 Å². The summed E-state index contributed by atoms with van der Waals surface area (Å²) in [7, 11) is 2.27. The van der Waals surface area contributed by atoms with Crippen LogP contribution in [-0.2, 0) is 0 Å². The quantitative estimate of drug-likeness (QED) is 0.650. The van der Waals surface area contributed by atoms with E-state index < -0.39 is 0 Å². The van der Waals surface area contributed by atoms with Gasteiger partial charge in [0.15, 0.2) is 0 Å². The summed E-state index contributed by atoms with van der Waals surface area (Å²) in [6, 6.07) is 0.968. The molecule has 2 heterocycles. The molecule has 0 bridgehead atoms. The molecule has 3 fully saturated rings. The molecule has 2 nitrogen and oxygen atoms in total. The van der Waals surface area contributed by atoms with Crippen LogP contribution in [0.15, 0.2) is 0 Å². The van der Waals surface area contributed by atoms with Gasteiger partial charge < -0.3 is 9.80 Å². The largest absolute Gasteiger partial charge is 0.306 e. The van der Waals surface area contributed by atoms with Gasteiger partial charge in [-0.05, 0) is 77.2 Å². The zero-order valence-corrected chi connectivity index (χ0v) is 10.0. The lowest BCUT2D eigenvalue weighted by atomic mass is 9.60. The maximum Gasteiger partial charge on any atom is 0.0106 e. The Morgan fingerprint density at radius 3 is 2.13 bits per heavy atom. The van der Waals surface area contributed by atoms with Crippen molar-refractivity contribution in [2.45, 2.75) is 44.6 Å². The molecule has 1 saturated carbocycles. The summed E-state index contributed by atoms with van der Waals surface area (Å²) in [5.74, 6) is 0. The van der Waals surface area contributed by atoms with Crippen molar-refractivity contribution in [3.05, 3.63) is 0 Å². The molecule has 3 aliphatic rings. The number of hydrogen-bond acceptors (Lipinski definition) is 2. The van der Waals surface area contributed by atoms with Crippen molar-refractivity contribution in [3.8, 4) is 0 Å². The second kappa shape index (κ2) is 3.74. The number of piperidine rings is 1. The summed E-state index contributed by atoms with van der Waals surface area (Å²) in [6.07, 6.45) is 8.86. The van der Waals surface area contributed by atoms with Crippen LogP contribution in [0.4, 0.5) is 0 Å². The van der Waals surface area contributed by atoms with Gasteiger partial charge in [-0.1, -0.05) is 0 Å². The molecule has 0 aromatic rings. The normalized spacial score (nSPS) is 33.4. The molecular formula is C13H24N2. The molecule has 0 radical (unpaired) electrons. The van der Waals surface area contributed by atoms with Gasteiger partial charge in [-0.2, -0.15) is 0 Å². The van der Waals surface area contributed by atoms with Crippen LogP contribution in [0.2, 0.25) is 0 Å². The molecule has 2 aliphatic heterocycles. The standard InChI is InChI=1S/C13H24N2/c1-14-8-4-13(5-9-14)10-12(11-13)15-6-2-3-7-15/h12H,2-11H2,1H3. The zero-order chi connectivity index (χ0) is 10.3. The van der Waals surface area contributed by atoms with Crippen molar-refractivity contribution in [3.63, 3.8) is 0 Å². The predicted octanol–water partition coefficient (Wildman–Crippen LogP) is 1.96. The van der Waals surface area contributed by atoms with Crippen molar-refractivity contribution in [2.75, 3.05) is 33.2 Å². The Bertz CT molecular complexity index is 217. The van der Waals surface area contributed by atoms with Gasteiger partial charge in [0.25, 0.3) is 0 Å². The van der Waals surface area contributed by atoms with Crippen LogP contribution in [0.3, 0.4) is 0 Å². The zero-order valence-electron chi connectivity index (χ0n) is 10.0. The first-order valence-electron chi connectivity index (χ1n) is 6.70. The van der Waals surface area contributed by atoms with Crippen LogP contribution in [0, 0.1) is 5.41 Å². The van der Waals surface area contributed by atoms with Gasteiger partial charge in [0.1, 0.15) is 0 Å². The van der Waals surface area contributed by atoms with Gasteiger partial charge in [0.2, 0.25) is 0 Å². The molecule has 15 heavy (non-hydrogen) atoms. The second-order valence-corrected chi connectivity index (χ2v) is 6.11. The molecule has 1 spiro atoms. The van der Waals surface area contributed by atoms with E-state index in [4.69, 9.17) is 0 Å². The fourth-order valence-electron chi connectivity index (χ4n) is 3.81. The van der Waals surface area contributed by atoms with Gasteiger partial charge in [-0.25, -0.2) is 0 Å². The van der Waals surface area contributed by atoms with Gasteiger partial charge in [0.05, 0.1) is 0 Å². The lowest BCUT2D eigenvalue weighted by molar-refractivity contribution is -0.0310. The fraction of sp³-hybridized carbons (Fsp3) is 1.00. The van der Waals surface area contributed by atoms with E-state index >= 15 is 0 Å². The average molecular weight is 208 g/mol. The molecular weight excluding hydrogens is 184 g/mol. The van der Waals surface area contributed by atoms with Crippen molar-refractivity contribution in [1.29, 1.82) is 0 Å². The molecule has 3 rings (SSSR count). The van der Waals surface area contributed by atoms with E-state index in [0.29, 0.717) is 0 Å². The molecule has 0 atom stereocenters. The second-order valence-electron chi connectivity index (χ2n) is 6.11. The molecule has 1 aliphatic carbocycles. The van der Waals surface area contributed by atoms with Gasteiger partial charge in [-0.15, -0.1) is 0 Å². The van der Waals surface area contributed by atoms with E-state index in [-0.39, 0.29) is 0 Å². The van der Waals surface area contributed by atoms with Crippen LogP contribution >= 0.6 is 0 Å². The number of nitrogens with zero attached hydrogens (tertiary/aromatic N) is 2. The summed E-state index contributed by atoms with van der Waals surface area (Å²) in [4.78, 5) is 5.25. The lowest BCUT2D eigenvalue weighted by Gasteiger charge is -2.54. The first kappa shape index (κ1) is 10.1. The average Bonchev–Trinajstić information content (AvgIpc) is 2.69. The summed E-state index contributed by atoms with van der Waals surface area (Å²) in [5.41, 5.74) is 0.778. The smallest absolute Gasteiger partial charge is 0.0106 e. The SMILES string of the molecule is CN1CCC2(CC1)CC(N1CCCC1)C2. The van der Waals surface area contributed by atoms with Crippen LogP contribution in [0.5, 0.6) is 0 Å². The van der Waals surface area contributed by atoms with Gasteiger partial charge in [-0.3, -0.25) is 0 Å². The maximum atomic E-state index is 2.75. The van der Waals surface area contributed by atoms with E-state index in [0.717, 1.165) is 11.5 Å². The van der Waals surface area contributed by atoms with Crippen molar-refractivity contribution in [2.24, 2.45) is 5.41 Å². The minimum absolute atomic E-state index is 0.778. The summed E-state index contributed by atoms with van der Waals surface area (Å²) in [6.45, 7) is 5.46. The minimum Gasteiger partial charge on any atom is -0.306 e. The third-order valence-corrected chi connectivity index (χ3v) is 5.04. The third-order valence-electron chi connectivity index (χ3n) is 5.04. The summed E-state index contributed by atoms with van der Waals surface area (Å²) in [5, 5.41) is 0. The molecule has 2 saturated heterocycles. The Kier molecular flexibility index (Phi) is 2.52. The fourth-order valence-corrected chi connectivity index (χ4v) is 3.81. The topological polar surface area (TPSA) is 6.48 Å². The number of hydrogen-bond donors (Lipinski definition) is 0. The van der Waals surface area contributed by atoms with E-state index in [1.807, 2.05) is 0 Å². The Labute approximate surface area is 93.6 Å². The highest BCUT2D eigenvalue weighted by Crippen LogP contribution is 2.51. The van der Waals surface area contributed by atoms with Gasteiger partial charge in [0, 0.05) is 6.04 Å². The highest BCUT2D eigenvalue weighted by molar-refractivity contribution is 5.01. The van der Waals surface area contributed by atoms with Crippen molar-refractivity contribution < 1.29 is 0 Å². The molecule has 0 N–H and O–H groups in total. The predicted molar refractivity (Wildman–Crippen MR) is 63.0 cm³/mol. The van der Waals surface area contributed by atoms with E-state index in [1.165, 1.54) is 64.7 Å². The highest BCUT2D eigenvalue weighted by Gasteiger charge is 2.47.